The van der Waals surface area contributed by atoms with E-state index < -0.39 is 0 Å². The maximum Gasteiger partial charge on any atom is 0.119 e. The van der Waals surface area contributed by atoms with Crippen molar-refractivity contribution in [2.75, 3.05) is 25.6 Å². The van der Waals surface area contributed by atoms with Gasteiger partial charge in [0, 0.05) is 24.4 Å². The number of anilines is 1. The molecule has 0 aromatic heterocycles. The molecule has 1 aliphatic rings. The molecule has 1 saturated heterocycles. The van der Waals surface area contributed by atoms with Gasteiger partial charge >= 0.3 is 0 Å². The number of nitrogen functional groups attached to an aromatic ring is 1. The van der Waals surface area contributed by atoms with Crippen molar-refractivity contribution in [3.05, 3.63) is 59.7 Å². The second-order valence-corrected chi connectivity index (χ2v) is 5.91. The molecule has 2 aromatic carbocycles. The number of benzene rings is 2. The fourth-order valence-electron chi connectivity index (χ4n) is 2.91. The number of hydrogen-bond acceptors (Lipinski definition) is 5. The average molecular weight is 327 g/mol. The van der Waals surface area contributed by atoms with Gasteiger partial charge in [-0.05, 0) is 48.7 Å². The summed E-state index contributed by atoms with van der Waals surface area (Å²) >= 11 is 0. The summed E-state index contributed by atoms with van der Waals surface area (Å²) in [6.45, 7) is 3.88. The van der Waals surface area contributed by atoms with Gasteiger partial charge in [-0.3, -0.25) is 0 Å². The molecule has 0 bridgehead atoms. The van der Waals surface area contributed by atoms with Crippen molar-refractivity contribution in [3.63, 3.8) is 0 Å². The number of hydrazine groups is 1. The summed E-state index contributed by atoms with van der Waals surface area (Å²) in [5.41, 5.74) is 15.8. The summed E-state index contributed by atoms with van der Waals surface area (Å²) in [5, 5.41) is 0. The van der Waals surface area contributed by atoms with Gasteiger partial charge in [-0.2, -0.15) is 0 Å². The number of nitrogens with two attached hydrogens (primary N) is 1. The van der Waals surface area contributed by atoms with Gasteiger partial charge in [0.15, 0.2) is 0 Å². The molecule has 1 heterocycles. The average Bonchev–Trinajstić information content (AvgIpc) is 3.10. The Morgan fingerprint density at radius 2 is 1.75 bits per heavy atom. The minimum atomic E-state index is 0.253. The van der Waals surface area contributed by atoms with Crippen molar-refractivity contribution < 1.29 is 9.47 Å². The first-order valence-electron chi connectivity index (χ1n) is 8.43. The van der Waals surface area contributed by atoms with Gasteiger partial charge in [-0.15, -0.1) is 0 Å². The first kappa shape index (κ1) is 16.8. The Kier molecular flexibility index (Phi) is 5.69. The lowest BCUT2D eigenvalue weighted by molar-refractivity contribution is 0.110. The number of hydrogen-bond donors (Lipinski definition) is 3. The molecule has 0 spiro atoms. The van der Waals surface area contributed by atoms with E-state index >= 15 is 0 Å². The smallest absolute Gasteiger partial charge is 0.119 e. The Labute approximate surface area is 143 Å². The van der Waals surface area contributed by atoms with Crippen LogP contribution in [0.4, 0.5) is 5.69 Å². The van der Waals surface area contributed by atoms with Gasteiger partial charge in [0.1, 0.15) is 12.4 Å². The topological polar surface area (TPSA) is 68.5 Å². The van der Waals surface area contributed by atoms with Gasteiger partial charge in [0.25, 0.3) is 0 Å². The van der Waals surface area contributed by atoms with E-state index in [2.05, 4.69) is 35.1 Å². The van der Waals surface area contributed by atoms with Crippen molar-refractivity contribution in [2.24, 2.45) is 0 Å². The zero-order chi connectivity index (χ0) is 16.8. The lowest BCUT2D eigenvalue weighted by Crippen LogP contribution is -2.26. The molecular weight excluding hydrogens is 302 g/mol. The van der Waals surface area contributed by atoms with Crippen LogP contribution in [0.5, 0.6) is 5.75 Å². The molecule has 0 aliphatic carbocycles. The standard InChI is InChI=1S/C19H25N3O2/c1-2-23-10-11-24-17-5-3-4-15(12-17)19-13-18(21-22-19)14-6-8-16(20)9-7-14/h3-9,12,18-19,21-22H,2,10-11,13,20H2,1H3. The highest BCUT2D eigenvalue weighted by Gasteiger charge is 2.26. The molecule has 0 amide bonds. The van der Waals surface area contributed by atoms with Gasteiger partial charge in [0.2, 0.25) is 0 Å². The Hall–Kier alpha value is -2.08. The van der Waals surface area contributed by atoms with Crippen LogP contribution in [-0.2, 0) is 4.74 Å². The van der Waals surface area contributed by atoms with E-state index in [4.69, 9.17) is 15.2 Å². The monoisotopic (exact) mass is 327 g/mol. The van der Waals surface area contributed by atoms with Crippen LogP contribution in [0.15, 0.2) is 48.5 Å². The third kappa shape index (κ3) is 4.26. The van der Waals surface area contributed by atoms with Crippen LogP contribution in [0.2, 0.25) is 0 Å². The third-order valence-corrected chi connectivity index (χ3v) is 4.20. The lowest BCUT2D eigenvalue weighted by atomic mass is 9.97. The summed E-state index contributed by atoms with van der Waals surface area (Å²) in [7, 11) is 0. The van der Waals surface area contributed by atoms with Gasteiger partial charge in [-0.1, -0.05) is 24.3 Å². The normalized spacial score (nSPS) is 20.2. The maximum absolute atomic E-state index is 5.76. The fourth-order valence-corrected chi connectivity index (χ4v) is 2.91. The molecule has 24 heavy (non-hydrogen) atoms. The number of nitrogens with one attached hydrogen (secondary N) is 2. The Balaban J connectivity index is 1.60. The van der Waals surface area contributed by atoms with Gasteiger partial charge in [0.05, 0.1) is 6.61 Å². The van der Waals surface area contributed by atoms with Crippen molar-refractivity contribution in [1.29, 1.82) is 0 Å². The molecule has 5 heteroatoms. The highest BCUT2D eigenvalue weighted by Crippen LogP contribution is 2.32. The predicted molar refractivity (Wildman–Crippen MR) is 95.7 cm³/mol. The van der Waals surface area contributed by atoms with Crippen LogP contribution >= 0.6 is 0 Å². The molecule has 128 valence electrons. The molecule has 4 N–H and O–H groups in total. The van der Waals surface area contributed by atoms with Crippen LogP contribution in [0.3, 0.4) is 0 Å². The highest BCUT2D eigenvalue weighted by molar-refractivity contribution is 5.40. The van der Waals surface area contributed by atoms with Crippen molar-refractivity contribution in [1.82, 2.24) is 10.9 Å². The zero-order valence-electron chi connectivity index (χ0n) is 14.0. The maximum atomic E-state index is 5.76. The number of rotatable bonds is 7. The zero-order valence-corrected chi connectivity index (χ0v) is 14.0. The third-order valence-electron chi connectivity index (χ3n) is 4.20. The number of ether oxygens (including phenoxy) is 2. The minimum Gasteiger partial charge on any atom is -0.491 e. The van der Waals surface area contributed by atoms with E-state index in [0.717, 1.165) is 17.9 Å². The summed E-state index contributed by atoms with van der Waals surface area (Å²) < 4.78 is 11.0. The van der Waals surface area contributed by atoms with E-state index in [1.54, 1.807) is 0 Å². The second kappa shape index (κ2) is 8.15. The molecular formula is C19H25N3O2. The van der Waals surface area contributed by atoms with E-state index in [0.29, 0.717) is 19.8 Å². The Bertz CT molecular complexity index is 645. The lowest BCUT2D eigenvalue weighted by Gasteiger charge is -2.12. The first-order valence-corrected chi connectivity index (χ1v) is 8.43. The van der Waals surface area contributed by atoms with Crippen LogP contribution < -0.4 is 21.3 Å². The first-order chi connectivity index (χ1) is 11.8. The molecule has 0 radical (unpaired) electrons. The summed E-state index contributed by atoms with van der Waals surface area (Å²) in [6, 6.07) is 16.8. The van der Waals surface area contributed by atoms with Crippen molar-refractivity contribution in [3.8, 4) is 5.75 Å². The molecule has 1 aliphatic heterocycles. The van der Waals surface area contributed by atoms with E-state index in [1.165, 1.54) is 11.1 Å². The molecule has 2 atom stereocenters. The van der Waals surface area contributed by atoms with Crippen molar-refractivity contribution >= 4 is 5.69 Å². The van der Waals surface area contributed by atoms with Crippen LogP contribution in [0.25, 0.3) is 0 Å². The SMILES string of the molecule is CCOCCOc1cccc(C2CC(c3ccc(N)cc3)NN2)c1. The summed E-state index contributed by atoms with van der Waals surface area (Å²) in [6.07, 6.45) is 0.978. The largest absolute Gasteiger partial charge is 0.491 e. The van der Waals surface area contributed by atoms with E-state index in [9.17, 15) is 0 Å². The summed E-state index contributed by atoms with van der Waals surface area (Å²) in [5.74, 6) is 0.880. The Morgan fingerprint density at radius 3 is 2.50 bits per heavy atom. The van der Waals surface area contributed by atoms with Gasteiger partial charge < -0.3 is 15.2 Å². The minimum absolute atomic E-state index is 0.253. The Morgan fingerprint density at radius 1 is 1.00 bits per heavy atom. The van der Waals surface area contributed by atoms with E-state index in [1.807, 2.05) is 31.2 Å². The van der Waals surface area contributed by atoms with Crippen LogP contribution in [-0.4, -0.2) is 19.8 Å². The van der Waals surface area contributed by atoms with Gasteiger partial charge in [-0.25, -0.2) is 10.9 Å². The molecule has 5 nitrogen and oxygen atoms in total. The summed E-state index contributed by atoms with van der Waals surface area (Å²) in [4.78, 5) is 0. The molecule has 3 rings (SSSR count). The fraction of sp³-hybridized carbons (Fsp3) is 0.368. The van der Waals surface area contributed by atoms with Crippen molar-refractivity contribution in [2.45, 2.75) is 25.4 Å². The highest BCUT2D eigenvalue weighted by atomic mass is 16.5. The molecule has 0 saturated carbocycles. The quantitative estimate of drug-likeness (QED) is 0.539. The molecule has 2 unspecified atom stereocenters. The molecule has 2 aromatic rings. The predicted octanol–water partition coefficient (Wildman–Crippen LogP) is 2.96. The molecule has 1 fully saturated rings. The van der Waals surface area contributed by atoms with E-state index in [-0.39, 0.29) is 12.1 Å². The van der Waals surface area contributed by atoms with Crippen LogP contribution in [0, 0.1) is 0 Å². The van der Waals surface area contributed by atoms with Crippen LogP contribution in [0.1, 0.15) is 36.6 Å². The second-order valence-electron chi connectivity index (χ2n) is 5.91.